The smallest absolute Gasteiger partial charge is 0.270 e. The Balaban J connectivity index is 2.35. The molecule has 2 rings (SSSR count). The Morgan fingerprint density at radius 1 is 1.59 bits per heavy atom. The van der Waals surface area contributed by atoms with Gasteiger partial charge in [0.2, 0.25) is 0 Å². The highest BCUT2D eigenvalue weighted by atomic mass is 16.6. The van der Waals surface area contributed by atoms with Crippen molar-refractivity contribution in [1.29, 1.82) is 5.26 Å². The third-order valence-corrected chi connectivity index (χ3v) is 2.88. The third-order valence-electron chi connectivity index (χ3n) is 2.88. The number of benzene rings is 1. The summed E-state index contributed by atoms with van der Waals surface area (Å²) >= 11 is 0. The van der Waals surface area contributed by atoms with Crippen molar-refractivity contribution >= 4 is 11.4 Å². The summed E-state index contributed by atoms with van der Waals surface area (Å²) in [7, 11) is 0. The van der Waals surface area contributed by atoms with Crippen molar-refractivity contribution in [3.05, 3.63) is 33.9 Å². The van der Waals surface area contributed by atoms with E-state index >= 15 is 0 Å². The molecule has 88 valence electrons. The summed E-state index contributed by atoms with van der Waals surface area (Å²) in [5.41, 5.74) is 6.79. The highest BCUT2D eigenvalue weighted by Crippen LogP contribution is 2.27. The van der Waals surface area contributed by atoms with Crippen molar-refractivity contribution in [3.63, 3.8) is 0 Å². The fraction of sp³-hybridized carbons (Fsp3) is 0.364. The minimum absolute atomic E-state index is 0.0613. The average Bonchev–Trinajstić information content (AvgIpc) is 2.74. The zero-order valence-electron chi connectivity index (χ0n) is 9.17. The monoisotopic (exact) mass is 232 g/mol. The Hall–Kier alpha value is -2.13. The van der Waals surface area contributed by atoms with E-state index in [9.17, 15) is 10.1 Å². The summed E-state index contributed by atoms with van der Waals surface area (Å²) < 4.78 is 0. The van der Waals surface area contributed by atoms with Crippen LogP contribution in [0, 0.1) is 21.4 Å². The molecule has 1 heterocycles. The minimum Gasteiger partial charge on any atom is -0.369 e. The highest BCUT2D eigenvalue weighted by Gasteiger charge is 2.22. The SMILES string of the molecule is N#Cc1cc([N+](=O)[O-])ccc1N1CC[C@H](N)C1. The van der Waals surface area contributed by atoms with Crippen LogP contribution < -0.4 is 10.6 Å². The van der Waals surface area contributed by atoms with Crippen molar-refractivity contribution in [1.82, 2.24) is 0 Å². The van der Waals surface area contributed by atoms with Gasteiger partial charge in [-0.25, -0.2) is 0 Å². The Morgan fingerprint density at radius 3 is 2.88 bits per heavy atom. The van der Waals surface area contributed by atoms with Gasteiger partial charge >= 0.3 is 0 Å². The molecule has 0 radical (unpaired) electrons. The molecule has 1 aliphatic rings. The van der Waals surface area contributed by atoms with E-state index in [2.05, 4.69) is 0 Å². The first-order valence-electron chi connectivity index (χ1n) is 5.31. The predicted octanol–water partition coefficient (Wildman–Crippen LogP) is 1.00. The number of non-ortho nitro benzene ring substituents is 1. The molecule has 17 heavy (non-hydrogen) atoms. The molecule has 1 aromatic carbocycles. The van der Waals surface area contributed by atoms with E-state index in [1.807, 2.05) is 11.0 Å². The van der Waals surface area contributed by atoms with E-state index in [0.29, 0.717) is 12.1 Å². The van der Waals surface area contributed by atoms with Crippen molar-refractivity contribution in [2.75, 3.05) is 18.0 Å². The van der Waals surface area contributed by atoms with E-state index in [-0.39, 0.29) is 11.7 Å². The molecule has 1 atom stereocenters. The summed E-state index contributed by atoms with van der Waals surface area (Å²) in [6.45, 7) is 1.47. The maximum Gasteiger partial charge on any atom is 0.270 e. The molecule has 1 aliphatic heterocycles. The van der Waals surface area contributed by atoms with Gasteiger partial charge in [-0.1, -0.05) is 0 Å². The van der Waals surface area contributed by atoms with Gasteiger partial charge in [0.25, 0.3) is 5.69 Å². The lowest BCUT2D eigenvalue weighted by Gasteiger charge is -2.18. The Morgan fingerprint density at radius 2 is 2.35 bits per heavy atom. The topological polar surface area (TPSA) is 96.2 Å². The van der Waals surface area contributed by atoms with Crippen molar-refractivity contribution in [2.24, 2.45) is 5.73 Å². The largest absolute Gasteiger partial charge is 0.369 e. The number of nitro benzene ring substituents is 1. The number of rotatable bonds is 2. The van der Waals surface area contributed by atoms with Crippen molar-refractivity contribution < 1.29 is 4.92 Å². The lowest BCUT2D eigenvalue weighted by molar-refractivity contribution is -0.384. The molecule has 1 fully saturated rings. The molecular formula is C11H12N4O2. The van der Waals surface area contributed by atoms with Gasteiger partial charge in [0.1, 0.15) is 6.07 Å². The Bertz CT molecular complexity index is 495. The van der Waals surface area contributed by atoms with Gasteiger partial charge in [-0.2, -0.15) is 5.26 Å². The zero-order valence-corrected chi connectivity index (χ0v) is 9.17. The number of anilines is 1. The number of nitrogens with two attached hydrogens (primary N) is 1. The van der Waals surface area contributed by atoms with Gasteiger partial charge in [0.15, 0.2) is 0 Å². The first-order chi connectivity index (χ1) is 8.11. The molecule has 0 bridgehead atoms. The number of nitrogens with zero attached hydrogens (tertiary/aromatic N) is 3. The van der Waals surface area contributed by atoms with E-state index in [1.165, 1.54) is 12.1 Å². The molecule has 1 aromatic rings. The number of hydrogen-bond acceptors (Lipinski definition) is 5. The summed E-state index contributed by atoms with van der Waals surface area (Å²) in [6, 6.07) is 6.44. The minimum atomic E-state index is -0.500. The molecule has 6 nitrogen and oxygen atoms in total. The second-order valence-electron chi connectivity index (χ2n) is 4.07. The molecule has 0 spiro atoms. The van der Waals surface area contributed by atoms with Crippen LogP contribution in [-0.2, 0) is 0 Å². The fourth-order valence-electron chi connectivity index (χ4n) is 2.01. The molecule has 6 heteroatoms. The van der Waals surface area contributed by atoms with E-state index in [0.717, 1.165) is 18.7 Å². The number of nitro groups is 1. The molecular weight excluding hydrogens is 220 g/mol. The van der Waals surface area contributed by atoms with Crippen LogP contribution in [0.25, 0.3) is 0 Å². The van der Waals surface area contributed by atoms with Crippen LogP contribution in [-0.4, -0.2) is 24.1 Å². The standard InChI is InChI=1S/C11H12N4O2/c12-6-8-5-10(15(16)17)1-2-11(8)14-4-3-9(13)7-14/h1-2,5,9H,3-4,7,13H2/t9-/m0/s1. The maximum absolute atomic E-state index is 10.6. The normalized spacial score (nSPS) is 19.1. The van der Waals surface area contributed by atoms with Gasteiger partial charge < -0.3 is 10.6 Å². The Labute approximate surface area is 98.4 Å². The van der Waals surface area contributed by atoms with Gasteiger partial charge in [-0.15, -0.1) is 0 Å². The molecule has 1 saturated heterocycles. The van der Waals surface area contributed by atoms with E-state index in [4.69, 9.17) is 11.0 Å². The molecule has 0 aromatic heterocycles. The fourth-order valence-corrected chi connectivity index (χ4v) is 2.01. The first kappa shape index (κ1) is 11.4. The van der Waals surface area contributed by atoms with Crippen LogP contribution in [0.1, 0.15) is 12.0 Å². The van der Waals surface area contributed by atoms with E-state index < -0.39 is 4.92 Å². The lowest BCUT2D eigenvalue weighted by atomic mass is 10.1. The molecule has 0 aliphatic carbocycles. The second-order valence-corrected chi connectivity index (χ2v) is 4.07. The summed E-state index contributed by atoms with van der Waals surface area (Å²) in [4.78, 5) is 12.1. The summed E-state index contributed by atoms with van der Waals surface area (Å²) in [6.07, 6.45) is 0.877. The summed E-state index contributed by atoms with van der Waals surface area (Å²) in [5.74, 6) is 0. The van der Waals surface area contributed by atoms with Gasteiger partial charge in [0.05, 0.1) is 16.2 Å². The maximum atomic E-state index is 10.6. The first-order valence-corrected chi connectivity index (χ1v) is 5.31. The van der Waals surface area contributed by atoms with Gasteiger partial charge in [-0.05, 0) is 12.5 Å². The van der Waals surface area contributed by atoms with Crippen LogP contribution in [0.15, 0.2) is 18.2 Å². The van der Waals surface area contributed by atoms with Gasteiger partial charge in [0, 0.05) is 31.3 Å². The second kappa shape index (κ2) is 4.39. The average molecular weight is 232 g/mol. The van der Waals surface area contributed by atoms with Crippen molar-refractivity contribution in [3.8, 4) is 6.07 Å². The molecule has 0 saturated carbocycles. The highest BCUT2D eigenvalue weighted by molar-refractivity contribution is 5.63. The lowest BCUT2D eigenvalue weighted by Crippen LogP contribution is -2.26. The van der Waals surface area contributed by atoms with Crippen molar-refractivity contribution in [2.45, 2.75) is 12.5 Å². The van der Waals surface area contributed by atoms with Crippen LogP contribution >= 0.6 is 0 Å². The predicted molar refractivity (Wildman–Crippen MR) is 62.6 cm³/mol. The molecule has 0 amide bonds. The third kappa shape index (κ3) is 2.19. The van der Waals surface area contributed by atoms with E-state index in [1.54, 1.807) is 6.07 Å². The van der Waals surface area contributed by atoms with Crippen LogP contribution in [0.5, 0.6) is 0 Å². The number of hydrogen-bond donors (Lipinski definition) is 1. The number of nitriles is 1. The quantitative estimate of drug-likeness (QED) is 0.606. The van der Waals surface area contributed by atoms with Crippen LogP contribution in [0.4, 0.5) is 11.4 Å². The molecule has 0 unspecified atom stereocenters. The summed E-state index contributed by atoms with van der Waals surface area (Å²) in [5, 5.41) is 19.6. The zero-order chi connectivity index (χ0) is 12.4. The Kier molecular flexibility index (Phi) is 2.93. The van der Waals surface area contributed by atoms with Crippen LogP contribution in [0.2, 0.25) is 0 Å². The molecule has 2 N–H and O–H groups in total. The van der Waals surface area contributed by atoms with Gasteiger partial charge in [-0.3, -0.25) is 10.1 Å². The van der Waals surface area contributed by atoms with Crippen LogP contribution in [0.3, 0.4) is 0 Å².